The molecule has 42 heavy (non-hydrogen) atoms. The standard InChI is InChI=1S/C36H45N3O3/c1-2-26-15-16-33-29(23-26)31(24-36(42-33)19-9-4-10-20-36)37-21-17-30(35(41)28-12-5-3-6-13-28)38-34(40)25-39-22-18-27-11-7-8-14-32(27)39/h3,5-8,11-16,23,30-31,35,37,41H,2,4,9-10,17-22,24-25H2,1H3,(H,38,40)/t30-,31+,35+/m1/s1. The van der Waals surface area contributed by atoms with Crippen molar-refractivity contribution in [3.63, 3.8) is 0 Å². The molecule has 1 spiro atoms. The number of aliphatic hydroxyl groups excluding tert-OH is 1. The van der Waals surface area contributed by atoms with Crippen molar-refractivity contribution in [2.45, 2.75) is 88.5 Å². The van der Waals surface area contributed by atoms with E-state index in [0.29, 0.717) is 13.0 Å². The fourth-order valence-corrected chi connectivity index (χ4v) is 7.23. The van der Waals surface area contributed by atoms with E-state index < -0.39 is 12.1 Å². The number of anilines is 1. The smallest absolute Gasteiger partial charge is 0.239 e. The molecular formula is C36H45N3O3. The lowest BCUT2D eigenvalue weighted by Gasteiger charge is -2.45. The Morgan fingerprint density at radius 2 is 1.83 bits per heavy atom. The van der Waals surface area contributed by atoms with Crippen molar-refractivity contribution in [2.75, 3.05) is 24.5 Å². The zero-order valence-corrected chi connectivity index (χ0v) is 24.9. The number of aliphatic hydroxyl groups is 1. The van der Waals surface area contributed by atoms with Crippen molar-refractivity contribution < 1.29 is 14.6 Å². The summed E-state index contributed by atoms with van der Waals surface area (Å²) >= 11 is 0. The number of aryl methyl sites for hydroxylation is 1. The summed E-state index contributed by atoms with van der Waals surface area (Å²) in [5.41, 5.74) is 5.70. The monoisotopic (exact) mass is 567 g/mol. The second-order valence-corrected chi connectivity index (χ2v) is 12.4. The molecule has 0 aromatic heterocycles. The molecular weight excluding hydrogens is 522 g/mol. The first-order valence-corrected chi connectivity index (χ1v) is 15.9. The number of ether oxygens (including phenoxy) is 1. The lowest BCUT2D eigenvalue weighted by Crippen LogP contribution is -2.47. The highest BCUT2D eigenvalue weighted by Gasteiger charge is 2.41. The van der Waals surface area contributed by atoms with Crippen LogP contribution in [0, 0.1) is 0 Å². The van der Waals surface area contributed by atoms with Crippen molar-refractivity contribution in [3.05, 3.63) is 95.1 Å². The van der Waals surface area contributed by atoms with Crippen molar-refractivity contribution in [2.24, 2.45) is 0 Å². The number of nitrogens with zero attached hydrogens (tertiary/aromatic N) is 1. The largest absolute Gasteiger partial charge is 0.487 e. The van der Waals surface area contributed by atoms with Gasteiger partial charge in [-0.05, 0) is 80.3 Å². The molecule has 0 saturated heterocycles. The van der Waals surface area contributed by atoms with Crippen LogP contribution in [0.2, 0.25) is 0 Å². The van der Waals surface area contributed by atoms with Gasteiger partial charge in [-0.2, -0.15) is 0 Å². The molecule has 0 bridgehead atoms. The first-order valence-electron chi connectivity index (χ1n) is 15.9. The topological polar surface area (TPSA) is 73.8 Å². The molecule has 3 aliphatic rings. The van der Waals surface area contributed by atoms with Crippen molar-refractivity contribution in [1.82, 2.24) is 10.6 Å². The summed E-state index contributed by atoms with van der Waals surface area (Å²) in [6.45, 7) is 4.00. The Morgan fingerprint density at radius 1 is 1.05 bits per heavy atom. The third-order valence-corrected chi connectivity index (χ3v) is 9.56. The number of fused-ring (bicyclic) bond motifs is 2. The van der Waals surface area contributed by atoms with E-state index in [1.165, 1.54) is 36.0 Å². The number of carbonyl (C=O) groups excluding carboxylic acids is 1. The maximum atomic E-state index is 13.4. The molecule has 3 atom stereocenters. The molecule has 2 heterocycles. The normalized spacial score (nSPS) is 20.3. The zero-order valence-electron chi connectivity index (χ0n) is 24.9. The van der Waals surface area contributed by atoms with Gasteiger partial charge in [-0.25, -0.2) is 0 Å². The third kappa shape index (κ3) is 6.35. The predicted molar refractivity (Wildman–Crippen MR) is 168 cm³/mol. The van der Waals surface area contributed by atoms with Crippen LogP contribution in [0.5, 0.6) is 5.75 Å². The van der Waals surface area contributed by atoms with Crippen LogP contribution in [0.3, 0.4) is 0 Å². The van der Waals surface area contributed by atoms with Gasteiger partial charge in [0.1, 0.15) is 11.4 Å². The predicted octanol–water partition coefficient (Wildman–Crippen LogP) is 6.04. The molecule has 222 valence electrons. The van der Waals surface area contributed by atoms with Gasteiger partial charge in [0.05, 0.1) is 18.7 Å². The fourth-order valence-electron chi connectivity index (χ4n) is 7.23. The average Bonchev–Trinajstić information content (AvgIpc) is 3.43. The second-order valence-electron chi connectivity index (χ2n) is 12.4. The number of nitrogens with one attached hydrogen (secondary N) is 2. The van der Waals surface area contributed by atoms with Crippen LogP contribution < -0.4 is 20.3 Å². The number of amides is 1. The minimum Gasteiger partial charge on any atom is -0.487 e. The summed E-state index contributed by atoms with van der Waals surface area (Å²) in [6, 6.07) is 24.4. The molecule has 1 amide bonds. The first kappa shape index (κ1) is 28.8. The van der Waals surface area contributed by atoms with Crippen LogP contribution in [0.25, 0.3) is 0 Å². The van der Waals surface area contributed by atoms with Gasteiger partial charge >= 0.3 is 0 Å². The number of hydrogen-bond acceptors (Lipinski definition) is 5. The molecule has 0 radical (unpaired) electrons. The molecule has 6 nitrogen and oxygen atoms in total. The van der Waals surface area contributed by atoms with Crippen LogP contribution in [0.1, 0.15) is 86.3 Å². The Bertz CT molecular complexity index is 1350. The molecule has 1 aliphatic carbocycles. The van der Waals surface area contributed by atoms with Gasteiger partial charge in [0, 0.05) is 30.3 Å². The highest BCUT2D eigenvalue weighted by molar-refractivity contribution is 5.82. The van der Waals surface area contributed by atoms with E-state index in [1.54, 1.807) is 0 Å². The summed E-state index contributed by atoms with van der Waals surface area (Å²) in [7, 11) is 0. The Kier molecular flexibility index (Phi) is 8.82. The lowest BCUT2D eigenvalue weighted by molar-refractivity contribution is -0.121. The number of benzene rings is 3. The van der Waals surface area contributed by atoms with Gasteiger partial charge in [0.2, 0.25) is 5.91 Å². The quantitative estimate of drug-likeness (QED) is 0.279. The molecule has 3 aromatic carbocycles. The van der Waals surface area contributed by atoms with Gasteiger partial charge in [-0.15, -0.1) is 0 Å². The van der Waals surface area contributed by atoms with Gasteiger partial charge < -0.3 is 25.4 Å². The minimum absolute atomic E-state index is 0.0585. The maximum Gasteiger partial charge on any atom is 0.239 e. The van der Waals surface area contributed by atoms with Crippen LogP contribution in [-0.4, -0.2) is 42.3 Å². The first-order chi connectivity index (χ1) is 20.5. The van der Waals surface area contributed by atoms with Crippen LogP contribution >= 0.6 is 0 Å². The van der Waals surface area contributed by atoms with E-state index in [-0.39, 0.29) is 24.1 Å². The van der Waals surface area contributed by atoms with Crippen molar-refractivity contribution >= 4 is 11.6 Å². The molecule has 0 unspecified atom stereocenters. The molecule has 1 saturated carbocycles. The van der Waals surface area contributed by atoms with Gasteiger partial charge in [-0.3, -0.25) is 4.79 Å². The highest BCUT2D eigenvalue weighted by Crippen LogP contribution is 2.46. The Morgan fingerprint density at radius 3 is 2.64 bits per heavy atom. The summed E-state index contributed by atoms with van der Waals surface area (Å²) in [5, 5.41) is 18.5. The third-order valence-electron chi connectivity index (χ3n) is 9.56. The molecule has 1 fully saturated rings. The Balaban J connectivity index is 1.16. The number of hydrogen-bond donors (Lipinski definition) is 3. The lowest BCUT2D eigenvalue weighted by atomic mass is 9.77. The molecule has 2 aliphatic heterocycles. The van der Waals surface area contributed by atoms with E-state index in [1.807, 2.05) is 36.4 Å². The van der Waals surface area contributed by atoms with E-state index in [2.05, 4.69) is 58.9 Å². The minimum atomic E-state index is -0.791. The summed E-state index contributed by atoms with van der Waals surface area (Å²) in [6.07, 6.45) is 8.65. The van der Waals surface area contributed by atoms with E-state index in [0.717, 1.165) is 55.6 Å². The summed E-state index contributed by atoms with van der Waals surface area (Å²) < 4.78 is 6.71. The van der Waals surface area contributed by atoms with Gasteiger partial charge in [0.15, 0.2) is 0 Å². The van der Waals surface area contributed by atoms with Crippen LogP contribution in [-0.2, 0) is 17.6 Å². The Hall–Kier alpha value is -3.35. The average molecular weight is 568 g/mol. The number of para-hydroxylation sites is 1. The molecule has 6 rings (SSSR count). The fraction of sp³-hybridized carbons (Fsp3) is 0.472. The summed E-state index contributed by atoms with van der Waals surface area (Å²) in [4.78, 5) is 15.5. The highest BCUT2D eigenvalue weighted by atomic mass is 16.5. The summed E-state index contributed by atoms with van der Waals surface area (Å²) in [5.74, 6) is 0.953. The number of rotatable bonds is 10. The molecule has 3 aromatic rings. The maximum absolute atomic E-state index is 13.4. The van der Waals surface area contributed by atoms with E-state index >= 15 is 0 Å². The molecule has 3 N–H and O–H groups in total. The van der Waals surface area contributed by atoms with Gasteiger partial charge in [0.25, 0.3) is 0 Å². The van der Waals surface area contributed by atoms with Crippen molar-refractivity contribution in [3.8, 4) is 5.75 Å². The van der Waals surface area contributed by atoms with E-state index in [9.17, 15) is 9.90 Å². The van der Waals surface area contributed by atoms with Crippen LogP contribution in [0.4, 0.5) is 5.69 Å². The Labute approximate surface area is 250 Å². The number of carbonyl (C=O) groups is 1. The van der Waals surface area contributed by atoms with Crippen molar-refractivity contribution in [1.29, 1.82) is 0 Å². The van der Waals surface area contributed by atoms with E-state index in [4.69, 9.17) is 4.74 Å². The second kappa shape index (κ2) is 12.9. The van der Waals surface area contributed by atoms with Crippen LogP contribution in [0.15, 0.2) is 72.8 Å². The molecule has 6 heteroatoms. The SMILES string of the molecule is CCc1ccc2c(c1)[C@@H](NCC[C@@H](NC(=O)CN1CCc3ccccc31)[C@@H](O)c1ccccc1)CC1(CCCCC1)O2. The zero-order chi connectivity index (χ0) is 28.9. The van der Waals surface area contributed by atoms with Gasteiger partial charge in [-0.1, -0.05) is 74.0 Å².